The first-order valence-electron chi connectivity index (χ1n) is 7.56. The van der Waals surface area contributed by atoms with Crippen LogP contribution in [0.15, 0.2) is 5.51 Å². The third kappa shape index (κ3) is 4.74. The monoisotopic (exact) mass is 326 g/mol. The lowest BCUT2D eigenvalue weighted by Gasteiger charge is -2.31. The molecule has 1 fully saturated rings. The van der Waals surface area contributed by atoms with Gasteiger partial charge in [-0.3, -0.25) is 9.59 Å². The van der Waals surface area contributed by atoms with Crippen LogP contribution in [0.5, 0.6) is 0 Å². The SMILES string of the molecule is CC[C@H](C)OCC(=O)N1CCC(C(=O)Nc2nncs2)CC1. The highest BCUT2D eigenvalue weighted by Crippen LogP contribution is 2.20. The third-order valence-corrected chi connectivity index (χ3v) is 4.48. The lowest BCUT2D eigenvalue weighted by Crippen LogP contribution is -2.43. The first kappa shape index (κ1) is 16.8. The van der Waals surface area contributed by atoms with Gasteiger partial charge >= 0.3 is 0 Å². The van der Waals surface area contributed by atoms with E-state index in [4.69, 9.17) is 4.74 Å². The van der Waals surface area contributed by atoms with Crippen molar-refractivity contribution in [2.24, 2.45) is 5.92 Å². The van der Waals surface area contributed by atoms with Crippen LogP contribution in [0, 0.1) is 5.92 Å². The van der Waals surface area contributed by atoms with Gasteiger partial charge in [0.25, 0.3) is 0 Å². The largest absolute Gasteiger partial charge is 0.369 e. The zero-order valence-electron chi connectivity index (χ0n) is 12.9. The molecular formula is C14H22N4O3S. The summed E-state index contributed by atoms with van der Waals surface area (Å²) in [5.74, 6) is -0.119. The molecule has 0 saturated carbocycles. The number of carbonyl (C=O) groups excluding carboxylic acids is 2. The molecule has 1 aromatic rings. The molecule has 0 spiro atoms. The highest BCUT2D eigenvalue weighted by atomic mass is 32.1. The maximum Gasteiger partial charge on any atom is 0.248 e. The summed E-state index contributed by atoms with van der Waals surface area (Å²) in [5, 5.41) is 10.8. The number of piperidine rings is 1. The number of rotatable bonds is 6. The van der Waals surface area contributed by atoms with Crippen molar-refractivity contribution in [3.63, 3.8) is 0 Å². The fraction of sp³-hybridized carbons (Fsp3) is 0.714. The molecule has 0 aliphatic carbocycles. The molecule has 0 unspecified atom stereocenters. The standard InChI is InChI=1S/C14H22N4O3S/c1-3-10(2)21-8-12(19)18-6-4-11(5-7-18)13(20)16-14-17-15-9-22-14/h9-11H,3-8H2,1-2H3,(H,16,17,20)/t10-/m0/s1. The molecule has 1 aliphatic rings. The third-order valence-electron chi connectivity index (χ3n) is 3.87. The highest BCUT2D eigenvalue weighted by molar-refractivity contribution is 7.13. The number of aromatic nitrogens is 2. The molecule has 8 heteroatoms. The molecule has 0 radical (unpaired) electrons. The van der Waals surface area contributed by atoms with Gasteiger partial charge in [0.15, 0.2) is 0 Å². The topological polar surface area (TPSA) is 84.4 Å². The van der Waals surface area contributed by atoms with Gasteiger partial charge in [0.05, 0.1) is 6.10 Å². The Morgan fingerprint density at radius 2 is 2.23 bits per heavy atom. The van der Waals surface area contributed by atoms with Gasteiger partial charge in [-0.25, -0.2) is 0 Å². The maximum absolute atomic E-state index is 12.1. The van der Waals surface area contributed by atoms with Crippen LogP contribution in [0.25, 0.3) is 0 Å². The van der Waals surface area contributed by atoms with E-state index in [1.165, 1.54) is 11.3 Å². The summed E-state index contributed by atoms with van der Waals surface area (Å²) in [6, 6.07) is 0. The molecule has 22 heavy (non-hydrogen) atoms. The molecule has 0 aromatic carbocycles. The molecular weight excluding hydrogens is 304 g/mol. The Hall–Kier alpha value is -1.54. The van der Waals surface area contributed by atoms with E-state index in [0.29, 0.717) is 31.1 Å². The summed E-state index contributed by atoms with van der Waals surface area (Å²) in [5.41, 5.74) is 1.58. The van der Waals surface area contributed by atoms with Gasteiger partial charge in [0, 0.05) is 19.0 Å². The number of hydrogen-bond acceptors (Lipinski definition) is 6. The molecule has 2 heterocycles. The zero-order valence-corrected chi connectivity index (χ0v) is 13.8. The van der Waals surface area contributed by atoms with Crippen LogP contribution < -0.4 is 5.32 Å². The van der Waals surface area contributed by atoms with E-state index in [1.807, 2.05) is 13.8 Å². The minimum Gasteiger partial charge on any atom is -0.369 e. The van der Waals surface area contributed by atoms with Crippen molar-refractivity contribution in [2.45, 2.75) is 39.2 Å². The van der Waals surface area contributed by atoms with Gasteiger partial charge in [0.1, 0.15) is 12.1 Å². The first-order valence-corrected chi connectivity index (χ1v) is 8.44. The van der Waals surface area contributed by atoms with E-state index in [2.05, 4.69) is 15.5 Å². The number of ether oxygens (including phenoxy) is 1. The quantitative estimate of drug-likeness (QED) is 0.857. The molecule has 7 nitrogen and oxygen atoms in total. The van der Waals surface area contributed by atoms with Gasteiger partial charge < -0.3 is 15.0 Å². The zero-order chi connectivity index (χ0) is 15.9. The van der Waals surface area contributed by atoms with Crippen molar-refractivity contribution in [2.75, 3.05) is 25.0 Å². The summed E-state index contributed by atoms with van der Waals surface area (Å²) in [7, 11) is 0. The second kappa shape index (κ2) is 8.19. The predicted molar refractivity (Wildman–Crippen MR) is 83.5 cm³/mol. The summed E-state index contributed by atoms with van der Waals surface area (Å²) < 4.78 is 5.47. The number of nitrogens with zero attached hydrogens (tertiary/aromatic N) is 3. The normalized spacial score (nSPS) is 17.3. The number of likely N-dealkylation sites (tertiary alicyclic amines) is 1. The van der Waals surface area contributed by atoms with E-state index in [1.54, 1.807) is 10.4 Å². The van der Waals surface area contributed by atoms with Crippen molar-refractivity contribution in [1.82, 2.24) is 15.1 Å². The molecule has 1 atom stereocenters. The second-order valence-electron chi connectivity index (χ2n) is 5.42. The van der Waals surface area contributed by atoms with Crippen LogP contribution in [0.1, 0.15) is 33.1 Å². The van der Waals surface area contributed by atoms with Gasteiger partial charge in [-0.1, -0.05) is 18.3 Å². The van der Waals surface area contributed by atoms with Crippen LogP contribution in [-0.4, -0.2) is 52.7 Å². The lowest BCUT2D eigenvalue weighted by atomic mass is 9.96. The molecule has 1 aromatic heterocycles. The summed E-state index contributed by atoms with van der Waals surface area (Å²) >= 11 is 1.30. The second-order valence-corrected chi connectivity index (χ2v) is 6.25. The van der Waals surface area contributed by atoms with E-state index < -0.39 is 0 Å². The Balaban J connectivity index is 1.73. The molecule has 122 valence electrons. The Morgan fingerprint density at radius 3 is 2.82 bits per heavy atom. The molecule has 1 saturated heterocycles. The van der Waals surface area contributed by atoms with Crippen molar-refractivity contribution < 1.29 is 14.3 Å². The molecule has 1 aliphatic heterocycles. The summed E-state index contributed by atoms with van der Waals surface area (Å²) in [4.78, 5) is 25.9. The maximum atomic E-state index is 12.1. The predicted octanol–water partition coefficient (Wildman–Crippen LogP) is 1.53. The molecule has 2 amide bonds. The number of hydrogen-bond donors (Lipinski definition) is 1. The Labute approximate surface area is 134 Å². The molecule has 0 bridgehead atoms. The molecule has 1 N–H and O–H groups in total. The van der Waals surface area contributed by atoms with Crippen molar-refractivity contribution >= 4 is 28.3 Å². The average molecular weight is 326 g/mol. The lowest BCUT2D eigenvalue weighted by molar-refractivity contribution is -0.140. The van der Waals surface area contributed by atoms with Crippen LogP contribution in [0.3, 0.4) is 0 Å². The summed E-state index contributed by atoms with van der Waals surface area (Å²) in [6.45, 7) is 5.29. The highest BCUT2D eigenvalue weighted by Gasteiger charge is 2.27. The van der Waals surface area contributed by atoms with Crippen LogP contribution in [0.4, 0.5) is 5.13 Å². The van der Waals surface area contributed by atoms with Gasteiger partial charge in [0.2, 0.25) is 16.9 Å². The van der Waals surface area contributed by atoms with Gasteiger partial charge in [-0.2, -0.15) is 0 Å². The van der Waals surface area contributed by atoms with E-state index >= 15 is 0 Å². The Bertz CT molecular complexity index is 486. The van der Waals surface area contributed by atoms with Crippen molar-refractivity contribution in [3.8, 4) is 0 Å². The smallest absolute Gasteiger partial charge is 0.248 e. The van der Waals surface area contributed by atoms with E-state index in [0.717, 1.165) is 6.42 Å². The van der Waals surface area contributed by atoms with Crippen LogP contribution in [-0.2, 0) is 14.3 Å². The van der Waals surface area contributed by atoms with Gasteiger partial charge in [-0.15, -0.1) is 10.2 Å². The van der Waals surface area contributed by atoms with E-state index in [-0.39, 0.29) is 30.4 Å². The van der Waals surface area contributed by atoms with Crippen molar-refractivity contribution in [1.29, 1.82) is 0 Å². The van der Waals surface area contributed by atoms with Crippen LogP contribution in [0.2, 0.25) is 0 Å². The van der Waals surface area contributed by atoms with E-state index in [9.17, 15) is 9.59 Å². The number of anilines is 1. The fourth-order valence-electron chi connectivity index (χ4n) is 2.25. The minimum absolute atomic E-state index is 0.00304. The first-order chi connectivity index (χ1) is 10.6. The van der Waals surface area contributed by atoms with Gasteiger partial charge in [-0.05, 0) is 26.2 Å². The summed E-state index contributed by atoms with van der Waals surface area (Å²) in [6.07, 6.45) is 2.32. The minimum atomic E-state index is -0.0802. The van der Waals surface area contributed by atoms with Crippen LogP contribution >= 0.6 is 11.3 Å². The average Bonchev–Trinajstić information content (AvgIpc) is 3.05. The molecule has 2 rings (SSSR count). The Morgan fingerprint density at radius 1 is 1.50 bits per heavy atom. The van der Waals surface area contributed by atoms with Crippen molar-refractivity contribution in [3.05, 3.63) is 5.51 Å². The number of carbonyl (C=O) groups is 2. The Kier molecular flexibility index (Phi) is 6.26. The number of amides is 2. The number of nitrogens with one attached hydrogen (secondary N) is 1. The fourth-order valence-corrected chi connectivity index (χ4v) is 2.70.